The molecule has 0 fully saturated rings. The molecule has 118 valence electrons. The van der Waals surface area contributed by atoms with Crippen LogP contribution in [0.5, 0.6) is 0 Å². The maximum absolute atomic E-state index is 12.4. The Morgan fingerprint density at radius 1 is 1.19 bits per heavy atom. The Bertz CT molecular complexity index is 764. The average molecular weight is 333 g/mol. The third kappa shape index (κ3) is 3.54. The van der Waals surface area contributed by atoms with E-state index in [0.29, 0.717) is 17.7 Å². The Hall–Kier alpha value is -1.16. The van der Waals surface area contributed by atoms with Gasteiger partial charge in [-0.25, -0.2) is 13.6 Å². The zero-order valence-corrected chi connectivity index (χ0v) is 13.8. The second-order valence-corrected chi connectivity index (χ2v) is 9.17. The van der Waals surface area contributed by atoms with Crippen LogP contribution in [0.25, 0.3) is 0 Å². The Kier molecular flexibility index (Phi) is 3.81. The van der Waals surface area contributed by atoms with Crippen molar-refractivity contribution in [3.63, 3.8) is 0 Å². The van der Waals surface area contributed by atoms with Crippen LogP contribution in [0.3, 0.4) is 0 Å². The lowest BCUT2D eigenvalue weighted by Crippen LogP contribution is -2.48. The lowest BCUT2D eigenvalue weighted by atomic mass is 10.1. The van der Waals surface area contributed by atoms with Crippen LogP contribution >= 0.6 is 0 Å². The number of fused-ring (bicyclic) bond motifs is 1. The molecular weight excluding hydrogens is 314 g/mol. The molecule has 0 radical (unpaired) electrons. The lowest BCUT2D eigenvalue weighted by molar-refractivity contribution is 0.489. The number of rotatable bonds is 3. The monoisotopic (exact) mass is 333 g/mol. The van der Waals surface area contributed by atoms with Gasteiger partial charge < -0.3 is 0 Å². The first kappa shape index (κ1) is 16.2. The van der Waals surface area contributed by atoms with Crippen molar-refractivity contribution in [2.75, 3.05) is 10.8 Å². The molecule has 1 aliphatic rings. The van der Waals surface area contributed by atoms with Crippen molar-refractivity contribution in [1.82, 2.24) is 4.72 Å². The van der Waals surface area contributed by atoms with E-state index in [2.05, 4.69) is 4.72 Å². The van der Waals surface area contributed by atoms with Gasteiger partial charge in [0.2, 0.25) is 10.0 Å². The van der Waals surface area contributed by atoms with Crippen LogP contribution in [0.1, 0.15) is 26.3 Å². The van der Waals surface area contributed by atoms with E-state index in [-0.39, 0.29) is 11.4 Å². The highest BCUT2D eigenvalue weighted by molar-refractivity contribution is 7.91. The van der Waals surface area contributed by atoms with E-state index in [0.717, 1.165) is 0 Å². The van der Waals surface area contributed by atoms with Crippen molar-refractivity contribution < 1.29 is 16.8 Å². The highest BCUT2D eigenvalue weighted by Crippen LogP contribution is 2.31. The number of hydrogen-bond acceptors (Lipinski definition) is 4. The van der Waals surface area contributed by atoms with E-state index < -0.39 is 25.8 Å². The minimum atomic E-state index is -3.79. The standard InChI is InChI=1S/C12H19N3O4S2/c1-12(2,3)14-21(18,19)15-7-6-9-8-10(20(13,16)17)4-5-11(9)15/h4-5,8,14H,6-7H2,1-3H3,(H2,13,16,17). The van der Waals surface area contributed by atoms with E-state index in [1.54, 1.807) is 20.8 Å². The van der Waals surface area contributed by atoms with Crippen LogP contribution in [0, 0.1) is 0 Å². The zero-order chi connectivity index (χ0) is 16.1. The molecular formula is C12H19N3O4S2. The Balaban J connectivity index is 2.40. The number of sulfonamides is 1. The summed E-state index contributed by atoms with van der Waals surface area (Å²) in [6, 6.07) is 4.22. The van der Waals surface area contributed by atoms with Gasteiger partial charge in [-0.2, -0.15) is 13.1 Å². The third-order valence-corrected chi connectivity index (χ3v) is 5.70. The van der Waals surface area contributed by atoms with Crippen LogP contribution in [0.2, 0.25) is 0 Å². The first-order chi connectivity index (χ1) is 9.40. The zero-order valence-electron chi connectivity index (χ0n) is 12.1. The van der Waals surface area contributed by atoms with Crippen molar-refractivity contribution in [3.05, 3.63) is 23.8 Å². The number of primary sulfonamides is 1. The average Bonchev–Trinajstić information content (AvgIpc) is 2.67. The number of nitrogens with one attached hydrogen (secondary N) is 1. The molecule has 9 heteroatoms. The minimum absolute atomic E-state index is 0.00993. The van der Waals surface area contributed by atoms with Gasteiger partial charge in [0.25, 0.3) is 0 Å². The summed E-state index contributed by atoms with van der Waals surface area (Å²) in [6.07, 6.45) is 0.448. The van der Waals surface area contributed by atoms with Crippen LogP contribution in [-0.4, -0.2) is 28.9 Å². The number of nitrogens with zero attached hydrogens (tertiary/aromatic N) is 1. The Morgan fingerprint density at radius 2 is 1.81 bits per heavy atom. The van der Waals surface area contributed by atoms with Gasteiger partial charge in [-0.05, 0) is 51.0 Å². The third-order valence-electron chi connectivity index (χ3n) is 2.96. The van der Waals surface area contributed by atoms with Gasteiger partial charge in [-0.3, -0.25) is 4.31 Å². The van der Waals surface area contributed by atoms with Crippen molar-refractivity contribution >= 4 is 25.9 Å². The molecule has 1 heterocycles. The van der Waals surface area contributed by atoms with Gasteiger partial charge in [0.05, 0.1) is 10.6 Å². The van der Waals surface area contributed by atoms with E-state index in [9.17, 15) is 16.8 Å². The van der Waals surface area contributed by atoms with Crippen LogP contribution < -0.4 is 14.2 Å². The summed E-state index contributed by atoms with van der Waals surface area (Å²) in [4.78, 5) is -0.00993. The molecule has 1 aromatic carbocycles. The molecule has 0 atom stereocenters. The second-order valence-electron chi connectivity index (χ2n) is 6.01. The fourth-order valence-electron chi connectivity index (χ4n) is 2.22. The van der Waals surface area contributed by atoms with E-state index in [1.807, 2.05) is 0 Å². The summed E-state index contributed by atoms with van der Waals surface area (Å²) in [5.41, 5.74) is 0.544. The van der Waals surface area contributed by atoms with Crippen molar-refractivity contribution in [2.45, 2.75) is 37.6 Å². The molecule has 3 N–H and O–H groups in total. The topological polar surface area (TPSA) is 110 Å². The molecule has 0 saturated carbocycles. The molecule has 0 aromatic heterocycles. The predicted molar refractivity (Wildman–Crippen MR) is 80.7 cm³/mol. The van der Waals surface area contributed by atoms with E-state index in [1.165, 1.54) is 22.5 Å². The molecule has 0 unspecified atom stereocenters. The van der Waals surface area contributed by atoms with Crippen molar-refractivity contribution in [2.24, 2.45) is 5.14 Å². The number of benzene rings is 1. The Morgan fingerprint density at radius 3 is 2.33 bits per heavy atom. The van der Waals surface area contributed by atoms with Crippen LogP contribution in [0.4, 0.5) is 5.69 Å². The first-order valence-corrected chi connectivity index (χ1v) is 9.36. The van der Waals surface area contributed by atoms with Gasteiger partial charge >= 0.3 is 10.2 Å². The summed E-state index contributed by atoms with van der Waals surface area (Å²) < 4.78 is 51.2. The molecule has 0 saturated heterocycles. The highest BCUT2D eigenvalue weighted by Gasteiger charge is 2.32. The molecule has 0 amide bonds. The molecule has 2 rings (SSSR count). The van der Waals surface area contributed by atoms with Crippen molar-refractivity contribution in [1.29, 1.82) is 0 Å². The van der Waals surface area contributed by atoms with Crippen molar-refractivity contribution in [3.8, 4) is 0 Å². The maximum atomic E-state index is 12.4. The fraction of sp³-hybridized carbons (Fsp3) is 0.500. The molecule has 1 aromatic rings. The largest absolute Gasteiger partial charge is 0.302 e. The Labute approximate surface area is 125 Å². The smallest absolute Gasteiger partial charge is 0.257 e. The number of nitrogens with two attached hydrogens (primary N) is 1. The normalized spacial score (nSPS) is 16.1. The quantitative estimate of drug-likeness (QED) is 0.830. The summed E-state index contributed by atoms with van der Waals surface area (Å²) in [7, 11) is -7.47. The maximum Gasteiger partial charge on any atom is 0.302 e. The number of anilines is 1. The van der Waals surface area contributed by atoms with Gasteiger partial charge in [-0.1, -0.05) is 0 Å². The van der Waals surface area contributed by atoms with E-state index in [4.69, 9.17) is 5.14 Å². The molecule has 7 nitrogen and oxygen atoms in total. The summed E-state index contributed by atoms with van der Waals surface area (Å²) in [6.45, 7) is 5.54. The van der Waals surface area contributed by atoms with E-state index >= 15 is 0 Å². The molecule has 0 bridgehead atoms. The van der Waals surface area contributed by atoms with Crippen LogP contribution in [-0.2, 0) is 26.7 Å². The first-order valence-electron chi connectivity index (χ1n) is 6.37. The van der Waals surface area contributed by atoms with Gasteiger partial charge in [-0.15, -0.1) is 0 Å². The van der Waals surface area contributed by atoms with Gasteiger partial charge in [0.15, 0.2) is 0 Å². The molecule has 21 heavy (non-hydrogen) atoms. The molecule has 0 aliphatic carbocycles. The molecule has 1 aliphatic heterocycles. The lowest BCUT2D eigenvalue weighted by Gasteiger charge is -2.26. The van der Waals surface area contributed by atoms with Crippen LogP contribution in [0.15, 0.2) is 23.1 Å². The minimum Gasteiger partial charge on any atom is -0.257 e. The fourth-order valence-corrected chi connectivity index (χ4v) is 4.43. The highest BCUT2D eigenvalue weighted by atomic mass is 32.2. The summed E-state index contributed by atoms with van der Waals surface area (Å²) in [5, 5.41) is 5.08. The predicted octanol–water partition coefficient (Wildman–Crippen LogP) is 0.329. The van der Waals surface area contributed by atoms with Gasteiger partial charge in [0.1, 0.15) is 0 Å². The second kappa shape index (κ2) is 4.94. The SMILES string of the molecule is CC(C)(C)NS(=O)(=O)N1CCc2cc(S(N)(=O)=O)ccc21. The van der Waals surface area contributed by atoms with Gasteiger partial charge in [0, 0.05) is 12.1 Å². The number of hydrogen-bond donors (Lipinski definition) is 2. The molecule has 0 spiro atoms. The summed E-state index contributed by atoms with van der Waals surface area (Å²) >= 11 is 0. The summed E-state index contributed by atoms with van der Waals surface area (Å²) in [5.74, 6) is 0.